The number of morpholine rings is 2. The van der Waals surface area contributed by atoms with Gasteiger partial charge in [0.05, 0.1) is 59.2 Å². The zero-order valence-electron chi connectivity index (χ0n) is 48.0. The van der Waals surface area contributed by atoms with Gasteiger partial charge in [0.2, 0.25) is 0 Å². The number of esters is 1. The lowest BCUT2D eigenvalue weighted by molar-refractivity contribution is -0.162. The number of carbonyl (C=O) groups is 6. The minimum atomic E-state index is -4.72. The third-order valence-electron chi connectivity index (χ3n) is 13.8. The van der Waals surface area contributed by atoms with Gasteiger partial charge in [-0.1, -0.05) is 59.7 Å². The summed E-state index contributed by atoms with van der Waals surface area (Å²) < 4.78 is 133. The van der Waals surface area contributed by atoms with E-state index in [1.165, 1.54) is 82.6 Å². The van der Waals surface area contributed by atoms with E-state index in [1.54, 1.807) is 58.9 Å². The summed E-state index contributed by atoms with van der Waals surface area (Å²) in [5, 5.41) is 15.7. The van der Waals surface area contributed by atoms with Gasteiger partial charge in [-0.3, -0.25) is 9.59 Å². The maximum absolute atomic E-state index is 14.2. The molecule has 26 nitrogen and oxygen atoms in total. The molecule has 30 heteroatoms. The summed E-state index contributed by atoms with van der Waals surface area (Å²) in [4.78, 5) is 81.2. The van der Waals surface area contributed by atoms with Crippen molar-refractivity contribution < 1.29 is 91.2 Å². The Morgan fingerprint density at radius 3 is 1.27 bits per heavy atom. The lowest BCUT2D eigenvalue weighted by atomic mass is 10.0. The molecule has 0 aromatic heterocycles. The number of ether oxygens (including phenoxy) is 5. The summed E-state index contributed by atoms with van der Waals surface area (Å²) in [6.07, 6.45) is -1.85. The van der Waals surface area contributed by atoms with E-state index in [-0.39, 0.29) is 56.6 Å². The molecule has 4 atom stereocenters. The smallest absolute Gasteiger partial charge is 0.415 e. The van der Waals surface area contributed by atoms with Crippen LogP contribution in [0.1, 0.15) is 43.0 Å². The fraction of sp³-hybridized carbons (Fsp3) is 0.464. The highest BCUT2D eigenvalue weighted by Crippen LogP contribution is 2.28. The lowest BCUT2D eigenvalue weighted by Gasteiger charge is -2.35. The van der Waals surface area contributed by atoms with E-state index in [4.69, 9.17) is 23.7 Å². The molecule has 0 saturated carbocycles. The molecule has 4 amide bonds. The topological polar surface area (TPSA) is 342 Å². The van der Waals surface area contributed by atoms with Crippen LogP contribution in [-0.4, -0.2) is 212 Å². The molecule has 4 aromatic rings. The standard InChI is InChI=1S/C30H39N3O10S2.C26H31N3O10S2/c1-21-5-11-24(12-6-21)45(39,40)33(27(34)25-20-44(37,38)18-13-31-25)26(28(35)43-30(2,3)4)19-22-7-9-23(10-8-22)42-29(36)32-14-16-41-17-15-32;1-18-2-8-21(9-3-18)41(36,37)29(24(30)22-17-40(34,35)15-10-27-22)23(25(31)32)16-19-4-6-20(7-5-19)39-26(33)28-11-13-38-14-12-28/h5-12,25-26,31H,13-20H2,1-4H3;2-9,22-23,27H,10-17H2,1H3,(H,31,32)/t25?,26-;22?,23-/m00/s1. The zero-order chi connectivity index (χ0) is 62.8. The van der Waals surface area contributed by atoms with Crippen molar-refractivity contribution in [3.8, 4) is 11.5 Å². The molecule has 8 rings (SSSR count). The highest BCUT2D eigenvalue weighted by atomic mass is 32.2. The molecule has 0 radical (unpaired) electrons. The highest BCUT2D eigenvalue weighted by Gasteiger charge is 2.47. The van der Waals surface area contributed by atoms with Gasteiger partial charge in [0, 0.05) is 52.1 Å². The molecule has 86 heavy (non-hydrogen) atoms. The molecular formula is C56H70N6O20S4. The second-order valence-corrected chi connectivity index (χ2v) is 29.8. The first-order chi connectivity index (χ1) is 40.4. The normalized spacial score (nSPS) is 19.5. The van der Waals surface area contributed by atoms with Crippen LogP contribution in [0.25, 0.3) is 0 Å². The number of hydrogen-bond acceptors (Lipinski definition) is 21. The highest BCUT2D eigenvalue weighted by molar-refractivity contribution is 7.92. The van der Waals surface area contributed by atoms with Crippen LogP contribution in [0.4, 0.5) is 9.59 Å². The summed E-state index contributed by atoms with van der Waals surface area (Å²) in [6.45, 7) is 11.3. The van der Waals surface area contributed by atoms with E-state index in [0.29, 0.717) is 68.0 Å². The van der Waals surface area contributed by atoms with Crippen molar-refractivity contribution in [2.75, 3.05) is 88.7 Å². The second kappa shape index (κ2) is 28.2. The molecule has 4 aromatic carbocycles. The molecule has 3 N–H and O–H groups in total. The molecule has 0 bridgehead atoms. The molecule has 4 fully saturated rings. The molecule has 2 unspecified atom stereocenters. The molecular weight excluding hydrogens is 1200 g/mol. The van der Waals surface area contributed by atoms with Crippen molar-refractivity contribution in [1.29, 1.82) is 0 Å². The van der Waals surface area contributed by atoms with Gasteiger partial charge in [-0.05, 0) is 94.3 Å². The van der Waals surface area contributed by atoms with Gasteiger partial charge in [0.25, 0.3) is 31.9 Å². The predicted octanol–water partition coefficient (Wildman–Crippen LogP) is 2.11. The number of benzene rings is 4. The minimum Gasteiger partial charge on any atom is -0.480 e. The van der Waals surface area contributed by atoms with Crippen LogP contribution in [0.3, 0.4) is 0 Å². The van der Waals surface area contributed by atoms with Crippen molar-refractivity contribution in [3.05, 3.63) is 119 Å². The van der Waals surface area contributed by atoms with E-state index >= 15 is 0 Å². The number of amides is 4. The molecule has 4 saturated heterocycles. The number of carboxylic acid groups (broad SMARTS) is 1. The maximum atomic E-state index is 14.2. The van der Waals surface area contributed by atoms with Gasteiger partial charge >= 0.3 is 24.1 Å². The third kappa shape index (κ3) is 17.8. The lowest BCUT2D eigenvalue weighted by Crippen LogP contribution is -2.60. The van der Waals surface area contributed by atoms with Crippen molar-refractivity contribution in [1.82, 2.24) is 29.0 Å². The molecule has 0 spiro atoms. The number of nitrogens with one attached hydrogen (secondary N) is 2. The van der Waals surface area contributed by atoms with Gasteiger partial charge in [-0.25, -0.2) is 61.5 Å². The SMILES string of the molecule is Cc1ccc(S(=O)(=O)N(C(=O)C2CS(=O)(=O)CCN2)[C@@H](Cc2ccc(OC(=O)N3CCOCC3)cc2)C(=O)O)cc1.Cc1ccc(S(=O)(=O)N(C(=O)C2CS(=O)(=O)CCN2)[C@@H](Cc2ccc(OC(=O)N3CCOCC3)cc2)C(=O)OC(C)(C)C)cc1. The number of nitrogens with zero attached hydrogens (tertiary/aromatic N) is 4. The number of carbonyl (C=O) groups excluding carboxylic acids is 5. The van der Waals surface area contributed by atoms with Crippen LogP contribution in [0.15, 0.2) is 107 Å². The van der Waals surface area contributed by atoms with Gasteiger partial charge in [-0.2, -0.15) is 0 Å². The van der Waals surface area contributed by atoms with Crippen LogP contribution >= 0.6 is 0 Å². The van der Waals surface area contributed by atoms with Gasteiger partial charge in [0.1, 0.15) is 41.3 Å². The first kappa shape index (κ1) is 66.5. The third-order valence-corrected chi connectivity index (χ3v) is 20.8. The fourth-order valence-electron chi connectivity index (χ4n) is 9.28. The number of hydrogen-bond donors (Lipinski definition) is 3. The molecule has 4 aliphatic heterocycles. The minimum absolute atomic E-state index is 0.0566. The van der Waals surface area contributed by atoms with Crippen LogP contribution < -0.4 is 20.1 Å². The van der Waals surface area contributed by atoms with Crippen molar-refractivity contribution in [2.24, 2.45) is 0 Å². The summed E-state index contributed by atoms with van der Waals surface area (Å²) >= 11 is 0. The Balaban J connectivity index is 0.000000247. The number of aliphatic carboxylic acids is 1. The largest absolute Gasteiger partial charge is 0.480 e. The van der Waals surface area contributed by atoms with Gasteiger partial charge < -0.3 is 49.2 Å². The van der Waals surface area contributed by atoms with E-state index in [9.17, 15) is 67.5 Å². The molecule has 4 heterocycles. The van der Waals surface area contributed by atoms with Crippen molar-refractivity contribution in [2.45, 2.75) is 87.0 Å². The van der Waals surface area contributed by atoms with Crippen LogP contribution in [0.2, 0.25) is 0 Å². The van der Waals surface area contributed by atoms with Gasteiger partial charge in [0.15, 0.2) is 19.7 Å². The van der Waals surface area contributed by atoms with Crippen molar-refractivity contribution in [3.63, 3.8) is 0 Å². The number of sulfone groups is 2. The predicted molar refractivity (Wildman–Crippen MR) is 309 cm³/mol. The van der Waals surface area contributed by atoms with Crippen LogP contribution in [0, 0.1) is 13.8 Å². The zero-order valence-corrected chi connectivity index (χ0v) is 51.3. The molecule has 4 aliphatic rings. The van der Waals surface area contributed by atoms with Crippen LogP contribution in [0.5, 0.6) is 11.5 Å². The average molecular weight is 1280 g/mol. The van der Waals surface area contributed by atoms with Crippen molar-refractivity contribution >= 4 is 75.7 Å². The van der Waals surface area contributed by atoms with E-state index < -0.39 is 123 Å². The Hall–Kier alpha value is -7.06. The summed E-state index contributed by atoms with van der Waals surface area (Å²) in [7, 11) is -16.7. The summed E-state index contributed by atoms with van der Waals surface area (Å²) in [5.74, 6) is -6.19. The van der Waals surface area contributed by atoms with E-state index in [0.717, 1.165) is 11.1 Å². The fourth-order valence-corrected chi connectivity index (χ4v) is 15.1. The Kier molecular flexibility index (Phi) is 21.8. The number of sulfonamides is 2. The van der Waals surface area contributed by atoms with Crippen LogP contribution in [-0.2, 0) is 86.0 Å². The monoisotopic (exact) mass is 1270 g/mol. The second-order valence-electron chi connectivity index (χ2n) is 21.7. The summed E-state index contributed by atoms with van der Waals surface area (Å²) in [5.41, 5.74) is 1.24. The number of carboxylic acids is 1. The quantitative estimate of drug-likeness (QED) is 0.135. The van der Waals surface area contributed by atoms with E-state index in [1.807, 2.05) is 0 Å². The molecule has 468 valence electrons. The Morgan fingerprint density at radius 2 is 0.930 bits per heavy atom. The summed E-state index contributed by atoms with van der Waals surface area (Å²) in [6, 6.07) is 16.7. The Bertz CT molecular complexity index is 3560. The molecule has 0 aliphatic carbocycles. The first-order valence-electron chi connectivity index (χ1n) is 27.3. The van der Waals surface area contributed by atoms with Gasteiger partial charge in [-0.15, -0.1) is 0 Å². The Labute approximate surface area is 500 Å². The first-order valence-corrected chi connectivity index (χ1v) is 33.9. The maximum Gasteiger partial charge on any atom is 0.415 e. The average Bonchev–Trinajstić information content (AvgIpc) is 0.976. The number of aryl methyl sites for hydroxylation is 2. The number of rotatable bonds is 16. The van der Waals surface area contributed by atoms with E-state index in [2.05, 4.69) is 10.6 Å². The Morgan fingerprint density at radius 1 is 0.581 bits per heavy atom.